The standard InChI is InChI=1S/C24H33N3O3.HI/c1-18-8-9-21(23(14-18)30-17-20-10-12-28-16-20)15-27-24(25-3)26-11-13-29-22-7-5-4-6-19(22)2;/h4-9,14,20H,10-13,15-17H2,1-3H3,(H2,25,26,27);1H. The van der Waals surface area contributed by atoms with Crippen LogP contribution in [0.25, 0.3) is 0 Å². The molecule has 0 bridgehead atoms. The second-order valence-electron chi connectivity index (χ2n) is 7.62. The predicted molar refractivity (Wildman–Crippen MR) is 136 cm³/mol. The number of guanidine groups is 1. The zero-order valence-corrected chi connectivity index (χ0v) is 21.0. The molecule has 3 rings (SSSR count). The van der Waals surface area contributed by atoms with Gasteiger partial charge >= 0.3 is 0 Å². The summed E-state index contributed by atoms with van der Waals surface area (Å²) in [6.07, 6.45) is 1.07. The van der Waals surface area contributed by atoms with Gasteiger partial charge in [0.15, 0.2) is 5.96 Å². The summed E-state index contributed by atoms with van der Waals surface area (Å²) in [5.74, 6) is 3.05. The average molecular weight is 539 g/mol. The number of hydrogen-bond donors (Lipinski definition) is 2. The lowest BCUT2D eigenvalue weighted by molar-refractivity contribution is 0.166. The summed E-state index contributed by atoms with van der Waals surface area (Å²) in [5.41, 5.74) is 3.43. The maximum atomic E-state index is 6.13. The van der Waals surface area contributed by atoms with Crippen LogP contribution < -0.4 is 20.1 Å². The third-order valence-electron chi connectivity index (χ3n) is 5.14. The van der Waals surface area contributed by atoms with Gasteiger partial charge in [-0.05, 0) is 43.5 Å². The molecule has 1 fully saturated rings. The molecule has 0 radical (unpaired) electrons. The van der Waals surface area contributed by atoms with Gasteiger partial charge < -0.3 is 24.8 Å². The summed E-state index contributed by atoms with van der Waals surface area (Å²) in [6.45, 7) is 8.31. The van der Waals surface area contributed by atoms with Gasteiger partial charge in [-0.2, -0.15) is 0 Å². The fourth-order valence-electron chi connectivity index (χ4n) is 3.31. The third kappa shape index (κ3) is 8.22. The molecule has 0 aliphatic carbocycles. The molecule has 0 amide bonds. The zero-order chi connectivity index (χ0) is 21.2. The second-order valence-corrected chi connectivity index (χ2v) is 7.62. The fourth-order valence-corrected chi connectivity index (χ4v) is 3.31. The highest BCUT2D eigenvalue weighted by atomic mass is 127. The molecule has 2 aromatic carbocycles. The van der Waals surface area contributed by atoms with Gasteiger partial charge in [-0.15, -0.1) is 24.0 Å². The lowest BCUT2D eigenvalue weighted by atomic mass is 10.1. The molecule has 0 aromatic heterocycles. The Labute approximate surface area is 202 Å². The Morgan fingerprint density at radius 2 is 1.94 bits per heavy atom. The van der Waals surface area contributed by atoms with E-state index in [1.165, 1.54) is 5.56 Å². The number of halogens is 1. The van der Waals surface area contributed by atoms with Crippen LogP contribution in [0.4, 0.5) is 0 Å². The second kappa shape index (κ2) is 13.4. The molecule has 2 aromatic rings. The van der Waals surface area contributed by atoms with Gasteiger partial charge in [0.2, 0.25) is 0 Å². The maximum absolute atomic E-state index is 6.13. The van der Waals surface area contributed by atoms with Crippen LogP contribution >= 0.6 is 24.0 Å². The smallest absolute Gasteiger partial charge is 0.191 e. The van der Waals surface area contributed by atoms with E-state index in [1.807, 2.05) is 31.2 Å². The maximum Gasteiger partial charge on any atom is 0.191 e. The molecule has 0 saturated carbocycles. The van der Waals surface area contributed by atoms with E-state index in [1.54, 1.807) is 7.05 Å². The number of nitrogens with zero attached hydrogens (tertiary/aromatic N) is 1. The monoisotopic (exact) mass is 539 g/mol. The van der Waals surface area contributed by atoms with Crippen LogP contribution in [-0.4, -0.2) is 46.0 Å². The van der Waals surface area contributed by atoms with Gasteiger partial charge in [-0.3, -0.25) is 4.99 Å². The lowest BCUT2D eigenvalue weighted by Crippen LogP contribution is -2.39. The Balaban J connectivity index is 0.00000341. The minimum Gasteiger partial charge on any atom is -0.493 e. The highest BCUT2D eigenvalue weighted by molar-refractivity contribution is 14.0. The van der Waals surface area contributed by atoms with Crippen LogP contribution in [0, 0.1) is 19.8 Å². The minimum atomic E-state index is 0. The topological polar surface area (TPSA) is 64.1 Å². The van der Waals surface area contributed by atoms with Gasteiger partial charge in [0, 0.05) is 31.7 Å². The molecule has 0 spiro atoms. The molecular weight excluding hydrogens is 505 g/mol. The van der Waals surface area contributed by atoms with E-state index >= 15 is 0 Å². The van der Waals surface area contributed by atoms with E-state index in [-0.39, 0.29) is 24.0 Å². The minimum absolute atomic E-state index is 0. The number of hydrogen-bond acceptors (Lipinski definition) is 4. The average Bonchev–Trinajstić information content (AvgIpc) is 3.27. The quantitative estimate of drug-likeness (QED) is 0.218. The summed E-state index contributed by atoms with van der Waals surface area (Å²) in [4.78, 5) is 4.30. The molecule has 2 N–H and O–H groups in total. The van der Waals surface area contributed by atoms with Crippen LogP contribution in [0.15, 0.2) is 47.5 Å². The van der Waals surface area contributed by atoms with Crippen LogP contribution in [0.1, 0.15) is 23.1 Å². The molecule has 1 saturated heterocycles. The third-order valence-corrected chi connectivity index (χ3v) is 5.14. The largest absolute Gasteiger partial charge is 0.493 e. The zero-order valence-electron chi connectivity index (χ0n) is 18.6. The van der Waals surface area contributed by atoms with Gasteiger partial charge in [0.1, 0.15) is 18.1 Å². The van der Waals surface area contributed by atoms with Crippen molar-refractivity contribution in [1.82, 2.24) is 10.6 Å². The normalized spacial score (nSPS) is 15.8. The van der Waals surface area contributed by atoms with Crippen LogP contribution in [-0.2, 0) is 11.3 Å². The molecule has 1 unspecified atom stereocenters. The van der Waals surface area contributed by atoms with Crippen molar-refractivity contribution < 1.29 is 14.2 Å². The SMILES string of the molecule is CN=C(NCCOc1ccccc1C)NCc1ccc(C)cc1OCC1CCOC1.I. The van der Waals surface area contributed by atoms with Crippen molar-refractivity contribution in [1.29, 1.82) is 0 Å². The first-order valence-corrected chi connectivity index (χ1v) is 10.6. The number of benzene rings is 2. The fraction of sp³-hybridized carbons (Fsp3) is 0.458. The van der Waals surface area contributed by atoms with Crippen molar-refractivity contribution >= 4 is 29.9 Å². The van der Waals surface area contributed by atoms with E-state index in [0.717, 1.165) is 48.2 Å². The first kappa shape index (κ1) is 25.3. The molecule has 31 heavy (non-hydrogen) atoms. The first-order chi connectivity index (χ1) is 14.7. The molecule has 1 atom stereocenters. The molecule has 170 valence electrons. The van der Waals surface area contributed by atoms with Crippen LogP contribution in [0.5, 0.6) is 11.5 Å². The molecule has 1 heterocycles. The Morgan fingerprint density at radius 3 is 2.68 bits per heavy atom. The van der Waals surface area contributed by atoms with Gasteiger partial charge in [0.25, 0.3) is 0 Å². The Bertz CT molecular complexity index is 839. The van der Waals surface area contributed by atoms with Gasteiger partial charge in [-0.25, -0.2) is 0 Å². The Hall–Kier alpha value is -2.00. The number of rotatable bonds is 9. The lowest BCUT2D eigenvalue weighted by Gasteiger charge is -2.17. The Morgan fingerprint density at radius 1 is 1.10 bits per heavy atom. The summed E-state index contributed by atoms with van der Waals surface area (Å²) >= 11 is 0. The summed E-state index contributed by atoms with van der Waals surface area (Å²) in [6, 6.07) is 14.3. The number of aliphatic imine (C=N–C) groups is 1. The van der Waals surface area contributed by atoms with E-state index in [0.29, 0.717) is 32.2 Å². The summed E-state index contributed by atoms with van der Waals surface area (Å²) < 4.78 is 17.4. The molecule has 7 heteroatoms. The first-order valence-electron chi connectivity index (χ1n) is 10.6. The van der Waals surface area contributed by atoms with Gasteiger partial charge in [-0.1, -0.05) is 30.3 Å². The van der Waals surface area contributed by atoms with Crippen LogP contribution in [0.2, 0.25) is 0 Å². The van der Waals surface area contributed by atoms with Gasteiger partial charge in [0.05, 0.1) is 19.8 Å². The van der Waals surface area contributed by atoms with Crippen molar-refractivity contribution in [2.24, 2.45) is 10.9 Å². The Kier molecular flexibility index (Phi) is 10.9. The van der Waals surface area contributed by atoms with Crippen molar-refractivity contribution in [3.63, 3.8) is 0 Å². The van der Waals surface area contributed by atoms with Crippen molar-refractivity contribution in [3.8, 4) is 11.5 Å². The van der Waals surface area contributed by atoms with Crippen molar-refractivity contribution in [2.75, 3.05) is 40.0 Å². The number of para-hydroxylation sites is 1. The van der Waals surface area contributed by atoms with Crippen molar-refractivity contribution in [2.45, 2.75) is 26.8 Å². The van der Waals surface area contributed by atoms with E-state index < -0.39 is 0 Å². The molecular formula is C24H34IN3O3. The number of nitrogens with one attached hydrogen (secondary N) is 2. The summed E-state index contributed by atoms with van der Waals surface area (Å²) in [5, 5.41) is 6.66. The van der Waals surface area contributed by atoms with Crippen molar-refractivity contribution in [3.05, 3.63) is 59.2 Å². The number of aryl methyl sites for hydroxylation is 2. The van der Waals surface area contributed by atoms with E-state index in [9.17, 15) is 0 Å². The highest BCUT2D eigenvalue weighted by Crippen LogP contribution is 2.22. The molecule has 6 nitrogen and oxygen atoms in total. The highest BCUT2D eigenvalue weighted by Gasteiger charge is 2.17. The molecule has 1 aliphatic rings. The van der Waals surface area contributed by atoms with Crippen LogP contribution in [0.3, 0.4) is 0 Å². The predicted octanol–water partition coefficient (Wildman–Crippen LogP) is 4.08. The van der Waals surface area contributed by atoms with E-state index in [4.69, 9.17) is 14.2 Å². The number of ether oxygens (including phenoxy) is 3. The molecule has 1 aliphatic heterocycles. The summed E-state index contributed by atoms with van der Waals surface area (Å²) in [7, 11) is 1.77. The van der Waals surface area contributed by atoms with E-state index in [2.05, 4.69) is 40.7 Å².